The first-order valence-electron chi connectivity index (χ1n) is 11.1. The van der Waals surface area contributed by atoms with Crippen LogP contribution in [-0.2, 0) is 23.1 Å². The van der Waals surface area contributed by atoms with E-state index in [4.69, 9.17) is 18.6 Å². The first kappa shape index (κ1) is 22.5. The van der Waals surface area contributed by atoms with Gasteiger partial charge in [-0.25, -0.2) is 0 Å². The lowest BCUT2D eigenvalue weighted by molar-refractivity contribution is 0.0596. The molecule has 0 unspecified atom stereocenters. The molecule has 34 heavy (non-hydrogen) atoms. The Balaban J connectivity index is 1.13. The average Bonchev–Trinajstić information content (AvgIpc) is 3.53. The van der Waals surface area contributed by atoms with Crippen molar-refractivity contribution >= 4 is 16.7 Å². The molecule has 3 heterocycles. The quantitative estimate of drug-likeness (QED) is 0.511. The van der Waals surface area contributed by atoms with Crippen LogP contribution in [0.3, 0.4) is 0 Å². The molecule has 1 saturated heterocycles. The maximum absolute atomic E-state index is 12.9. The van der Waals surface area contributed by atoms with Gasteiger partial charge in [0.25, 0.3) is 5.91 Å². The molecule has 178 valence electrons. The summed E-state index contributed by atoms with van der Waals surface area (Å²) in [5, 5.41) is 0. The molecule has 0 spiro atoms. The van der Waals surface area contributed by atoms with Crippen molar-refractivity contribution in [1.29, 1.82) is 0 Å². The smallest absolute Gasteiger partial charge is 0.289 e. The topological polar surface area (TPSA) is 81.5 Å². The van der Waals surface area contributed by atoms with Crippen LogP contribution in [0.15, 0.2) is 63.9 Å². The van der Waals surface area contributed by atoms with Gasteiger partial charge in [-0.1, -0.05) is 6.07 Å². The van der Waals surface area contributed by atoms with Gasteiger partial charge >= 0.3 is 0 Å². The summed E-state index contributed by atoms with van der Waals surface area (Å²) in [7, 11) is 0.319. The van der Waals surface area contributed by atoms with Crippen LogP contribution in [0.5, 0.6) is 17.2 Å². The maximum Gasteiger partial charge on any atom is 0.289 e. The summed E-state index contributed by atoms with van der Waals surface area (Å²) >= 11 is 0. The van der Waals surface area contributed by atoms with Crippen molar-refractivity contribution in [2.24, 2.45) is 0 Å². The van der Waals surface area contributed by atoms with Crippen molar-refractivity contribution < 1.29 is 27.6 Å². The van der Waals surface area contributed by atoms with Gasteiger partial charge in [0.2, 0.25) is 6.79 Å². The van der Waals surface area contributed by atoms with E-state index < -0.39 is 10.8 Å². The number of methoxy groups -OCH3 is 1. The zero-order chi connectivity index (χ0) is 23.5. The second-order valence-electron chi connectivity index (χ2n) is 8.19. The minimum atomic E-state index is -1.27. The molecule has 3 aromatic rings. The van der Waals surface area contributed by atoms with Crippen molar-refractivity contribution in [3.63, 3.8) is 0 Å². The Labute approximate surface area is 200 Å². The van der Waals surface area contributed by atoms with Crippen LogP contribution in [0, 0.1) is 0 Å². The minimum absolute atomic E-state index is 0.135. The molecule has 1 aromatic heterocycles. The maximum atomic E-state index is 12.9. The molecule has 8 nitrogen and oxygen atoms in total. The minimum Gasteiger partial charge on any atom is -0.497 e. The van der Waals surface area contributed by atoms with Crippen molar-refractivity contribution in [1.82, 2.24) is 9.80 Å². The summed E-state index contributed by atoms with van der Waals surface area (Å²) in [4.78, 5) is 17.7. The van der Waals surface area contributed by atoms with E-state index in [9.17, 15) is 9.00 Å². The number of carbonyl (C=O) groups is 1. The molecule has 1 atom stereocenters. The number of hydrogen-bond acceptors (Lipinski definition) is 7. The zero-order valence-corrected chi connectivity index (χ0v) is 19.7. The molecular formula is C25H26N2O6S. The number of carbonyl (C=O) groups excluding carboxylic acids is 1. The third kappa shape index (κ3) is 4.95. The third-order valence-corrected chi connectivity index (χ3v) is 7.32. The van der Waals surface area contributed by atoms with E-state index in [1.807, 2.05) is 18.2 Å². The second kappa shape index (κ2) is 9.90. The number of fused-ring (bicyclic) bond motifs is 1. The highest BCUT2D eigenvalue weighted by Crippen LogP contribution is 2.33. The van der Waals surface area contributed by atoms with Gasteiger partial charge in [-0.3, -0.25) is 13.9 Å². The van der Waals surface area contributed by atoms with Gasteiger partial charge in [-0.15, -0.1) is 0 Å². The van der Waals surface area contributed by atoms with E-state index in [0.717, 1.165) is 36.7 Å². The van der Waals surface area contributed by atoms with Crippen LogP contribution in [0.2, 0.25) is 0 Å². The summed E-state index contributed by atoms with van der Waals surface area (Å²) in [6.45, 7) is 3.85. The molecule has 2 aliphatic rings. The van der Waals surface area contributed by atoms with Crippen molar-refractivity contribution in [2.45, 2.75) is 17.2 Å². The highest BCUT2D eigenvalue weighted by atomic mass is 32.2. The molecule has 9 heteroatoms. The summed E-state index contributed by atoms with van der Waals surface area (Å²) in [6.07, 6.45) is 0. The Morgan fingerprint density at radius 3 is 2.50 bits per heavy atom. The third-order valence-electron chi connectivity index (χ3n) is 5.97. The molecule has 1 amide bonds. The van der Waals surface area contributed by atoms with Gasteiger partial charge in [-0.2, -0.15) is 0 Å². The highest BCUT2D eigenvalue weighted by Gasteiger charge is 2.25. The van der Waals surface area contributed by atoms with Crippen LogP contribution in [0.25, 0.3) is 0 Å². The standard InChI is InChI=1S/C25H26N2O6S/c1-30-19-3-6-21(7-4-19)34(29)16-20-5-9-23(33-20)25(28)27-12-10-26(11-13-27)15-18-2-8-22-24(14-18)32-17-31-22/h2-9,14H,10-13,15-17H2,1H3/t34-/m1/s1. The number of benzene rings is 2. The lowest BCUT2D eigenvalue weighted by Crippen LogP contribution is -2.48. The Kier molecular flexibility index (Phi) is 6.55. The summed E-state index contributed by atoms with van der Waals surface area (Å²) in [6, 6.07) is 16.5. The van der Waals surface area contributed by atoms with Crippen LogP contribution in [0.1, 0.15) is 21.9 Å². The monoisotopic (exact) mass is 482 g/mol. The Hall–Kier alpha value is -3.30. The summed E-state index contributed by atoms with van der Waals surface area (Å²) in [5.74, 6) is 3.16. The lowest BCUT2D eigenvalue weighted by atomic mass is 10.1. The number of piperazine rings is 1. The predicted molar refractivity (Wildman–Crippen MR) is 126 cm³/mol. The van der Waals surface area contributed by atoms with Gasteiger partial charge in [-0.05, 0) is 54.1 Å². The lowest BCUT2D eigenvalue weighted by Gasteiger charge is -2.34. The van der Waals surface area contributed by atoms with Crippen LogP contribution >= 0.6 is 0 Å². The van der Waals surface area contributed by atoms with Crippen molar-refractivity contribution in [3.05, 3.63) is 71.7 Å². The Bertz CT molecular complexity index is 1180. The average molecular weight is 483 g/mol. The van der Waals surface area contributed by atoms with E-state index in [1.54, 1.807) is 48.4 Å². The molecule has 0 bridgehead atoms. The first-order chi connectivity index (χ1) is 16.6. The van der Waals surface area contributed by atoms with E-state index in [-0.39, 0.29) is 24.2 Å². The second-order valence-corrected chi connectivity index (χ2v) is 9.64. The molecular weight excluding hydrogens is 456 g/mol. The van der Waals surface area contributed by atoms with Gasteiger partial charge in [0.1, 0.15) is 11.5 Å². The fraction of sp³-hybridized carbons (Fsp3) is 0.320. The van der Waals surface area contributed by atoms with E-state index in [2.05, 4.69) is 4.90 Å². The van der Waals surface area contributed by atoms with Gasteiger partial charge < -0.3 is 23.5 Å². The molecule has 0 aliphatic carbocycles. The van der Waals surface area contributed by atoms with Gasteiger partial charge in [0, 0.05) is 37.6 Å². The molecule has 1 fully saturated rings. The van der Waals surface area contributed by atoms with Crippen LogP contribution in [-0.4, -0.2) is 60.0 Å². The number of amides is 1. The Morgan fingerprint density at radius 2 is 1.74 bits per heavy atom. The fourth-order valence-corrected chi connectivity index (χ4v) is 5.09. The first-order valence-corrected chi connectivity index (χ1v) is 12.4. The van der Waals surface area contributed by atoms with Gasteiger partial charge in [0.05, 0.1) is 23.7 Å². The van der Waals surface area contributed by atoms with Gasteiger partial charge in [0.15, 0.2) is 17.3 Å². The largest absolute Gasteiger partial charge is 0.497 e. The Morgan fingerprint density at radius 1 is 0.971 bits per heavy atom. The fourth-order valence-electron chi connectivity index (χ4n) is 4.07. The van der Waals surface area contributed by atoms with Crippen LogP contribution in [0.4, 0.5) is 0 Å². The molecule has 0 saturated carbocycles. The van der Waals surface area contributed by atoms with Crippen molar-refractivity contribution in [2.75, 3.05) is 40.1 Å². The molecule has 2 aromatic carbocycles. The molecule has 2 aliphatic heterocycles. The van der Waals surface area contributed by atoms with E-state index >= 15 is 0 Å². The molecule has 0 N–H and O–H groups in total. The van der Waals surface area contributed by atoms with E-state index in [0.29, 0.717) is 29.5 Å². The van der Waals surface area contributed by atoms with Crippen LogP contribution < -0.4 is 14.2 Å². The number of rotatable bonds is 7. The number of nitrogens with zero attached hydrogens (tertiary/aromatic N) is 2. The zero-order valence-electron chi connectivity index (χ0n) is 18.9. The SMILES string of the molecule is COc1ccc([S@](=O)Cc2ccc(C(=O)N3CCN(Cc4ccc5c(c4)OCO5)CC3)o2)cc1. The summed E-state index contributed by atoms with van der Waals surface area (Å²) in [5.41, 5.74) is 1.16. The van der Waals surface area contributed by atoms with E-state index in [1.165, 1.54) is 0 Å². The summed E-state index contributed by atoms with van der Waals surface area (Å²) < 4.78 is 34.4. The highest BCUT2D eigenvalue weighted by molar-refractivity contribution is 7.84. The molecule has 5 rings (SSSR count). The molecule has 0 radical (unpaired) electrons. The number of ether oxygens (including phenoxy) is 3. The predicted octanol–water partition coefficient (Wildman–Crippen LogP) is 3.28. The normalized spacial score (nSPS) is 16.4. The number of hydrogen-bond donors (Lipinski definition) is 0. The number of furan rings is 1. The van der Waals surface area contributed by atoms with Crippen molar-refractivity contribution in [3.8, 4) is 17.2 Å².